The number of hydrogen-bond acceptors (Lipinski definition) is 5. The highest BCUT2D eigenvalue weighted by atomic mass is 32.1. The SMILES string of the molecule is CC(C)(C)c1nsc(NCc2cccnc2)n1. The third-order valence-electron chi connectivity index (χ3n) is 2.26. The zero-order chi connectivity index (χ0) is 12.3. The van der Waals surface area contributed by atoms with E-state index in [1.54, 1.807) is 6.20 Å². The summed E-state index contributed by atoms with van der Waals surface area (Å²) in [6, 6.07) is 3.96. The van der Waals surface area contributed by atoms with E-state index in [4.69, 9.17) is 0 Å². The van der Waals surface area contributed by atoms with E-state index in [0.29, 0.717) is 0 Å². The summed E-state index contributed by atoms with van der Waals surface area (Å²) in [6.45, 7) is 7.06. The first-order chi connectivity index (χ1) is 8.05. The number of rotatable bonds is 3. The molecule has 0 spiro atoms. The zero-order valence-corrected chi connectivity index (χ0v) is 11.1. The number of anilines is 1. The average Bonchev–Trinajstić information content (AvgIpc) is 2.76. The van der Waals surface area contributed by atoms with Gasteiger partial charge in [0.2, 0.25) is 5.13 Å². The fourth-order valence-electron chi connectivity index (χ4n) is 1.28. The Bertz CT molecular complexity index is 473. The van der Waals surface area contributed by atoms with Gasteiger partial charge in [0.1, 0.15) is 5.82 Å². The van der Waals surface area contributed by atoms with Crippen molar-refractivity contribution in [3.8, 4) is 0 Å². The molecule has 0 unspecified atom stereocenters. The van der Waals surface area contributed by atoms with Crippen molar-refractivity contribution in [3.05, 3.63) is 35.9 Å². The number of nitrogens with one attached hydrogen (secondary N) is 1. The summed E-state index contributed by atoms with van der Waals surface area (Å²) in [5, 5.41) is 4.12. The number of pyridine rings is 1. The first-order valence-electron chi connectivity index (χ1n) is 5.53. The molecule has 2 rings (SSSR count). The molecule has 0 aliphatic carbocycles. The molecule has 17 heavy (non-hydrogen) atoms. The molecule has 0 fully saturated rings. The molecule has 0 aliphatic rings. The lowest BCUT2D eigenvalue weighted by atomic mass is 9.96. The lowest BCUT2D eigenvalue weighted by Gasteiger charge is -2.12. The van der Waals surface area contributed by atoms with Crippen LogP contribution in [0.4, 0.5) is 5.13 Å². The smallest absolute Gasteiger partial charge is 0.202 e. The molecule has 0 saturated heterocycles. The highest BCUT2D eigenvalue weighted by Gasteiger charge is 2.19. The van der Waals surface area contributed by atoms with Crippen LogP contribution in [0.2, 0.25) is 0 Å². The van der Waals surface area contributed by atoms with Gasteiger partial charge in [-0.3, -0.25) is 4.98 Å². The van der Waals surface area contributed by atoms with Gasteiger partial charge in [-0.1, -0.05) is 26.8 Å². The number of hydrogen-bond donors (Lipinski definition) is 1. The summed E-state index contributed by atoms with van der Waals surface area (Å²) in [6.07, 6.45) is 3.62. The van der Waals surface area contributed by atoms with Gasteiger partial charge >= 0.3 is 0 Å². The van der Waals surface area contributed by atoms with Gasteiger partial charge in [-0.15, -0.1) is 0 Å². The van der Waals surface area contributed by atoms with Crippen molar-refractivity contribution in [3.63, 3.8) is 0 Å². The van der Waals surface area contributed by atoms with Crippen LogP contribution in [0, 0.1) is 0 Å². The monoisotopic (exact) mass is 248 g/mol. The molecule has 0 radical (unpaired) electrons. The zero-order valence-electron chi connectivity index (χ0n) is 10.3. The van der Waals surface area contributed by atoms with Crippen molar-refractivity contribution in [2.75, 3.05) is 5.32 Å². The van der Waals surface area contributed by atoms with Gasteiger partial charge in [0.15, 0.2) is 0 Å². The summed E-state index contributed by atoms with van der Waals surface area (Å²) in [4.78, 5) is 8.54. The third kappa shape index (κ3) is 3.23. The summed E-state index contributed by atoms with van der Waals surface area (Å²) in [5.41, 5.74) is 1.14. The van der Waals surface area contributed by atoms with Crippen LogP contribution < -0.4 is 5.32 Å². The Morgan fingerprint density at radius 3 is 2.76 bits per heavy atom. The summed E-state index contributed by atoms with van der Waals surface area (Å²) >= 11 is 1.40. The highest BCUT2D eigenvalue weighted by molar-refractivity contribution is 7.09. The minimum absolute atomic E-state index is 0.00469. The van der Waals surface area contributed by atoms with Crippen LogP contribution in [0.3, 0.4) is 0 Å². The molecule has 0 atom stereocenters. The van der Waals surface area contributed by atoms with E-state index in [2.05, 4.69) is 40.4 Å². The van der Waals surface area contributed by atoms with Gasteiger partial charge in [-0.05, 0) is 11.6 Å². The lowest BCUT2D eigenvalue weighted by Crippen LogP contribution is -2.13. The molecule has 0 saturated carbocycles. The maximum atomic E-state index is 4.47. The Balaban J connectivity index is 1.99. The van der Waals surface area contributed by atoms with E-state index in [9.17, 15) is 0 Å². The quantitative estimate of drug-likeness (QED) is 0.907. The largest absolute Gasteiger partial charge is 0.356 e. The van der Waals surface area contributed by atoms with Gasteiger partial charge in [0.25, 0.3) is 0 Å². The first-order valence-corrected chi connectivity index (χ1v) is 6.30. The molecular weight excluding hydrogens is 232 g/mol. The molecular formula is C12H16N4S. The molecule has 0 amide bonds. The molecule has 0 aromatic carbocycles. The van der Waals surface area contributed by atoms with Gasteiger partial charge in [-0.25, -0.2) is 4.98 Å². The van der Waals surface area contributed by atoms with Crippen LogP contribution in [0.15, 0.2) is 24.5 Å². The molecule has 0 aliphatic heterocycles. The Morgan fingerprint density at radius 1 is 1.35 bits per heavy atom. The summed E-state index contributed by atoms with van der Waals surface area (Å²) in [7, 11) is 0. The van der Waals surface area contributed by atoms with Crippen molar-refractivity contribution in [2.24, 2.45) is 0 Å². The minimum Gasteiger partial charge on any atom is -0.356 e. The van der Waals surface area contributed by atoms with Crippen molar-refractivity contribution in [2.45, 2.75) is 32.7 Å². The molecule has 0 bridgehead atoms. The number of aromatic nitrogens is 3. The van der Waals surface area contributed by atoms with Crippen LogP contribution in [-0.2, 0) is 12.0 Å². The van der Waals surface area contributed by atoms with Crippen molar-refractivity contribution in [1.29, 1.82) is 0 Å². The van der Waals surface area contributed by atoms with Crippen molar-refractivity contribution in [1.82, 2.24) is 14.3 Å². The summed E-state index contributed by atoms with van der Waals surface area (Å²) in [5.74, 6) is 0.885. The third-order valence-corrected chi connectivity index (χ3v) is 2.94. The second-order valence-electron chi connectivity index (χ2n) is 4.89. The fraction of sp³-hybridized carbons (Fsp3) is 0.417. The van der Waals surface area contributed by atoms with Crippen LogP contribution in [0.1, 0.15) is 32.2 Å². The van der Waals surface area contributed by atoms with Crippen molar-refractivity contribution < 1.29 is 0 Å². The van der Waals surface area contributed by atoms with E-state index in [-0.39, 0.29) is 5.41 Å². The lowest BCUT2D eigenvalue weighted by molar-refractivity contribution is 0.555. The Hall–Kier alpha value is -1.49. The van der Waals surface area contributed by atoms with Gasteiger partial charge < -0.3 is 5.32 Å². The predicted molar refractivity (Wildman–Crippen MR) is 70.2 cm³/mol. The minimum atomic E-state index is 0.00469. The first kappa shape index (κ1) is 12.0. The molecule has 2 aromatic heterocycles. The van der Waals surface area contributed by atoms with Gasteiger partial charge in [0, 0.05) is 35.9 Å². The standard InChI is InChI=1S/C12H16N4S/c1-12(2,3)10-15-11(17-16-10)14-8-9-5-4-6-13-7-9/h4-7H,8H2,1-3H3,(H,14,15,16). The fourth-order valence-corrected chi connectivity index (χ4v) is 2.03. The second-order valence-corrected chi connectivity index (χ2v) is 5.64. The highest BCUT2D eigenvalue weighted by Crippen LogP contribution is 2.23. The molecule has 2 heterocycles. The molecule has 4 nitrogen and oxygen atoms in total. The topological polar surface area (TPSA) is 50.7 Å². The molecule has 90 valence electrons. The van der Waals surface area contributed by atoms with E-state index in [0.717, 1.165) is 23.1 Å². The Kier molecular flexibility index (Phi) is 3.38. The van der Waals surface area contributed by atoms with E-state index in [1.165, 1.54) is 11.5 Å². The van der Waals surface area contributed by atoms with E-state index >= 15 is 0 Å². The van der Waals surface area contributed by atoms with Crippen molar-refractivity contribution >= 4 is 16.7 Å². The normalized spacial score (nSPS) is 11.5. The van der Waals surface area contributed by atoms with Gasteiger partial charge in [0.05, 0.1) is 0 Å². The summed E-state index contributed by atoms with van der Waals surface area (Å²) < 4.78 is 4.35. The average molecular weight is 248 g/mol. The van der Waals surface area contributed by atoms with Crippen LogP contribution in [-0.4, -0.2) is 14.3 Å². The molecule has 5 heteroatoms. The molecule has 2 aromatic rings. The Morgan fingerprint density at radius 2 is 2.18 bits per heavy atom. The van der Waals surface area contributed by atoms with E-state index < -0.39 is 0 Å². The molecule has 1 N–H and O–H groups in total. The maximum Gasteiger partial charge on any atom is 0.202 e. The number of nitrogens with zero attached hydrogens (tertiary/aromatic N) is 3. The van der Waals surface area contributed by atoms with Crippen LogP contribution >= 0.6 is 11.5 Å². The van der Waals surface area contributed by atoms with Crippen LogP contribution in [0.25, 0.3) is 0 Å². The van der Waals surface area contributed by atoms with Crippen LogP contribution in [0.5, 0.6) is 0 Å². The van der Waals surface area contributed by atoms with Gasteiger partial charge in [-0.2, -0.15) is 4.37 Å². The Labute approximate surface area is 105 Å². The van der Waals surface area contributed by atoms with E-state index in [1.807, 2.05) is 18.3 Å². The maximum absolute atomic E-state index is 4.47. The second kappa shape index (κ2) is 4.79. The predicted octanol–water partition coefficient (Wildman–Crippen LogP) is 2.84.